The van der Waals surface area contributed by atoms with Crippen LogP contribution in [0.25, 0.3) is 11.6 Å². The Morgan fingerprint density at radius 3 is 2.71 bits per heavy atom. The SMILES string of the molecule is CC(C)CCCCC1(C)C=C2C(=[N+]([O-])c3c2ccc2c3C=CC(C)(C)O2)CC1. The lowest BCUT2D eigenvalue weighted by atomic mass is 9.73. The molecule has 3 nitrogen and oxygen atoms in total. The van der Waals surface area contributed by atoms with Gasteiger partial charge in [-0.05, 0) is 62.3 Å². The number of rotatable bonds is 5. The van der Waals surface area contributed by atoms with Crippen molar-refractivity contribution in [2.75, 3.05) is 0 Å². The predicted molar refractivity (Wildman–Crippen MR) is 117 cm³/mol. The van der Waals surface area contributed by atoms with Gasteiger partial charge in [0.1, 0.15) is 11.4 Å². The molecule has 1 aromatic rings. The van der Waals surface area contributed by atoms with Crippen LogP contribution >= 0.6 is 0 Å². The van der Waals surface area contributed by atoms with Gasteiger partial charge >= 0.3 is 0 Å². The number of allylic oxidation sites excluding steroid dienone is 2. The molecule has 0 amide bonds. The van der Waals surface area contributed by atoms with E-state index in [4.69, 9.17) is 4.74 Å². The van der Waals surface area contributed by atoms with Crippen molar-refractivity contribution < 1.29 is 9.48 Å². The molecule has 0 fully saturated rings. The second-order valence-electron chi connectivity index (χ2n) is 10.0. The summed E-state index contributed by atoms with van der Waals surface area (Å²) in [6, 6.07) is 4.11. The van der Waals surface area contributed by atoms with Crippen molar-refractivity contribution >= 4 is 23.0 Å². The number of unbranched alkanes of at least 4 members (excludes halogenated alkanes) is 1. The van der Waals surface area contributed by atoms with Crippen LogP contribution in [-0.4, -0.2) is 16.1 Å². The summed E-state index contributed by atoms with van der Waals surface area (Å²) in [6.07, 6.45) is 13.5. The fraction of sp³-hybridized carbons (Fsp3) is 0.560. The summed E-state index contributed by atoms with van der Waals surface area (Å²) in [6.45, 7) is 11.0. The van der Waals surface area contributed by atoms with Gasteiger partial charge in [-0.1, -0.05) is 46.1 Å². The minimum Gasteiger partial charge on any atom is -0.618 e. The minimum atomic E-state index is -0.332. The molecule has 0 aromatic heterocycles. The van der Waals surface area contributed by atoms with Gasteiger partial charge < -0.3 is 9.94 Å². The van der Waals surface area contributed by atoms with Crippen molar-refractivity contribution in [3.8, 4) is 5.75 Å². The first-order valence-electron chi connectivity index (χ1n) is 10.8. The lowest BCUT2D eigenvalue weighted by molar-refractivity contribution is -0.358. The smallest absolute Gasteiger partial charge is 0.235 e. The molecule has 2 heterocycles. The quantitative estimate of drug-likeness (QED) is 0.318. The molecule has 1 aromatic carbocycles. The molecule has 0 saturated heterocycles. The topological polar surface area (TPSA) is 35.3 Å². The molecule has 3 heteroatoms. The van der Waals surface area contributed by atoms with Crippen molar-refractivity contribution in [2.24, 2.45) is 11.3 Å². The zero-order valence-corrected chi connectivity index (χ0v) is 18.0. The summed E-state index contributed by atoms with van der Waals surface area (Å²) in [5.41, 5.74) is 4.71. The Kier molecular flexibility index (Phi) is 4.68. The van der Waals surface area contributed by atoms with Crippen LogP contribution in [0, 0.1) is 16.5 Å². The highest BCUT2D eigenvalue weighted by Crippen LogP contribution is 2.49. The largest absolute Gasteiger partial charge is 0.618 e. The van der Waals surface area contributed by atoms with E-state index in [1.165, 1.54) is 30.4 Å². The van der Waals surface area contributed by atoms with Crippen LogP contribution in [0.3, 0.4) is 0 Å². The van der Waals surface area contributed by atoms with Gasteiger partial charge in [-0.3, -0.25) is 0 Å². The van der Waals surface area contributed by atoms with Crippen LogP contribution in [0.4, 0.5) is 5.69 Å². The maximum atomic E-state index is 13.2. The van der Waals surface area contributed by atoms with Gasteiger partial charge in [0, 0.05) is 6.42 Å². The Hall–Kier alpha value is -2.03. The van der Waals surface area contributed by atoms with Gasteiger partial charge in [-0.2, -0.15) is 4.74 Å². The number of benzene rings is 1. The molecule has 0 saturated carbocycles. The first kappa shape index (κ1) is 19.3. The molecule has 1 unspecified atom stereocenters. The summed E-state index contributed by atoms with van der Waals surface area (Å²) in [7, 11) is 0. The molecule has 2 aliphatic heterocycles. The van der Waals surface area contributed by atoms with Crippen LogP contribution in [-0.2, 0) is 0 Å². The van der Waals surface area contributed by atoms with Crippen molar-refractivity contribution in [3.63, 3.8) is 0 Å². The second kappa shape index (κ2) is 6.79. The van der Waals surface area contributed by atoms with Gasteiger partial charge in [0.05, 0.1) is 16.7 Å². The third-order valence-electron chi connectivity index (χ3n) is 6.46. The Balaban J connectivity index is 1.65. The summed E-state index contributed by atoms with van der Waals surface area (Å²) in [5.74, 6) is 1.59. The first-order valence-corrected chi connectivity index (χ1v) is 10.8. The molecule has 0 radical (unpaired) electrons. The average Bonchev–Trinajstić information content (AvgIpc) is 2.89. The normalized spacial score (nSPS) is 24.6. The third kappa shape index (κ3) is 3.40. The van der Waals surface area contributed by atoms with Gasteiger partial charge in [0.15, 0.2) is 0 Å². The van der Waals surface area contributed by atoms with E-state index in [-0.39, 0.29) is 11.0 Å². The zero-order chi connectivity index (χ0) is 20.1. The molecule has 3 aliphatic rings. The van der Waals surface area contributed by atoms with Crippen molar-refractivity contribution in [3.05, 3.63) is 40.6 Å². The van der Waals surface area contributed by atoms with Crippen LogP contribution in [0.5, 0.6) is 5.75 Å². The zero-order valence-electron chi connectivity index (χ0n) is 18.0. The molecule has 0 spiro atoms. The van der Waals surface area contributed by atoms with Gasteiger partial charge in [0.2, 0.25) is 11.4 Å². The van der Waals surface area contributed by atoms with E-state index in [9.17, 15) is 5.21 Å². The fourth-order valence-electron chi connectivity index (χ4n) is 4.78. The van der Waals surface area contributed by atoms with E-state index >= 15 is 0 Å². The molecule has 28 heavy (non-hydrogen) atoms. The maximum absolute atomic E-state index is 13.2. The lowest BCUT2D eigenvalue weighted by Gasteiger charge is -2.30. The lowest BCUT2D eigenvalue weighted by Crippen LogP contribution is -2.27. The molecule has 1 atom stereocenters. The van der Waals surface area contributed by atoms with Crippen molar-refractivity contribution in [2.45, 2.75) is 78.7 Å². The monoisotopic (exact) mass is 379 g/mol. The molecule has 0 N–H and O–H groups in total. The Bertz CT molecular complexity index is 888. The van der Waals surface area contributed by atoms with Crippen molar-refractivity contribution in [1.29, 1.82) is 0 Å². The van der Waals surface area contributed by atoms with Gasteiger partial charge in [-0.25, -0.2) is 0 Å². The van der Waals surface area contributed by atoms with E-state index in [2.05, 4.69) is 39.0 Å². The maximum Gasteiger partial charge on any atom is 0.235 e. The van der Waals surface area contributed by atoms with E-state index in [1.54, 1.807) is 0 Å². The highest BCUT2D eigenvalue weighted by atomic mass is 16.5. The number of nitrogens with zero attached hydrogens (tertiary/aromatic N) is 1. The number of ether oxygens (including phenoxy) is 1. The Labute approximate surface area is 169 Å². The summed E-state index contributed by atoms with van der Waals surface area (Å²) >= 11 is 0. The van der Waals surface area contributed by atoms with Gasteiger partial charge in [-0.15, -0.1) is 0 Å². The summed E-state index contributed by atoms with van der Waals surface area (Å²) in [5, 5.41) is 13.2. The van der Waals surface area contributed by atoms with E-state index in [0.29, 0.717) is 0 Å². The van der Waals surface area contributed by atoms with Crippen LogP contribution in [0.15, 0.2) is 24.3 Å². The second-order valence-corrected chi connectivity index (χ2v) is 10.0. The molecule has 150 valence electrons. The molecular weight excluding hydrogens is 346 g/mol. The molecule has 1 aliphatic carbocycles. The van der Waals surface area contributed by atoms with Crippen LogP contribution in [0.1, 0.15) is 84.3 Å². The Morgan fingerprint density at radius 2 is 1.96 bits per heavy atom. The summed E-state index contributed by atoms with van der Waals surface area (Å²) < 4.78 is 7.26. The van der Waals surface area contributed by atoms with E-state index in [1.807, 2.05) is 26.0 Å². The van der Waals surface area contributed by atoms with Crippen LogP contribution in [0.2, 0.25) is 0 Å². The van der Waals surface area contributed by atoms with Gasteiger partial charge in [0.25, 0.3) is 0 Å². The number of hydrogen-bond donors (Lipinski definition) is 0. The number of fused-ring (bicyclic) bond motifs is 5. The highest BCUT2D eigenvalue weighted by Gasteiger charge is 2.41. The fourth-order valence-corrected chi connectivity index (χ4v) is 4.78. The highest BCUT2D eigenvalue weighted by molar-refractivity contribution is 6.26. The van der Waals surface area contributed by atoms with Crippen molar-refractivity contribution in [1.82, 2.24) is 0 Å². The average molecular weight is 380 g/mol. The van der Waals surface area contributed by atoms with Crippen LogP contribution < -0.4 is 4.74 Å². The minimum absolute atomic E-state index is 0.183. The third-order valence-corrected chi connectivity index (χ3v) is 6.46. The first-order chi connectivity index (χ1) is 13.2. The predicted octanol–water partition coefficient (Wildman–Crippen LogP) is 6.87. The van der Waals surface area contributed by atoms with E-state index < -0.39 is 0 Å². The molecule has 0 bridgehead atoms. The standard InChI is InChI=1S/C25H33NO2/c1-17(2)8-6-7-13-25(5)15-12-21-20(16-25)18-9-10-22-19(23(18)26(21)27)11-14-24(3,4)28-22/h9-11,14,16-17H,6-8,12-13,15H2,1-5H3. The molecular formula is C25H33NO2. The van der Waals surface area contributed by atoms with E-state index in [0.717, 1.165) is 52.6 Å². The Morgan fingerprint density at radius 1 is 1.18 bits per heavy atom. The number of hydrogen-bond acceptors (Lipinski definition) is 2. The molecule has 4 rings (SSSR count). The summed E-state index contributed by atoms with van der Waals surface area (Å²) in [4.78, 5) is 0.